The second-order valence-electron chi connectivity index (χ2n) is 17.8. The van der Waals surface area contributed by atoms with Gasteiger partial charge in [0, 0.05) is 48.9 Å². The van der Waals surface area contributed by atoms with Gasteiger partial charge in [0.1, 0.15) is 53.7 Å². The van der Waals surface area contributed by atoms with Gasteiger partial charge in [-0.1, -0.05) is 39.8 Å². The van der Waals surface area contributed by atoms with E-state index in [4.69, 9.17) is 19.9 Å². The first-order chi connectivity index (χ1) is 30.6. The number of carbonyl (C=O) groups is 7. The Morgan fingerprint density at radius 3 is 2.12 bits per heavy atom. The van der Waals surface area contributed by atoms with Crippen LogP contribution in [0, 0.1) is 11.8 Å². The van der Waals surface area contributed by atoms with Crippen molar-refractivity contribution >= 4 is 41.0 Å². The lowest BCUT2D eigenvalue weighted by atomic mass is 9.72. The van der Waals surface area contributed by atoms with Gasteiger partial charge in [0.25, 0.3) is 0 Å². The Bertz CT molecular complexity index is 2200. The number of fused-ring (bicyclic) bond motifs is 3. The summed E-state index contributed by atoms with van der Waals surface area (Å²) in [5.41, 5.74) is 1.12. The van der Waals surface area contributed by atoms with Crippen LogP contribution >= 0.6 is 0 Å². The maximum Gasteiger partial charge on any atom is 0.243 e. The number of benzene rings is 2. The lowest BCUT2D eigenvalue weighted by Gasteiger charge is -2.43. The molecule has 0 radical (unpaired) electrons. The van der Waals surface area contributed by atoms with E-state index in [1.54, 1.807) is 0 Å². The number of phenols is 2. The Kier molecular flexibility index (Phi) is 16.1. The Balaban J connectivity index is 1.39. The fourth-order valence-electron chi connectivity index (χ4n) is 8.62. The minimum Gasteiger partial charge on any atom is -0.507 e. The number of methoxy groups -OCH3 is 1. The molecule has 9 atom stereocenters. The number of carbonyl (C=O) groups excluding carboxylic acids is 7. The third-order valence-electron chi connectivity index (χ3n) is 11.9. The van der Waals surface area contributed by atoms with E-state index < -0.39 is 137 Å². The predicted molar refractivity (Wildman–Crippen MR) is 230 cm³/mol. The van der Waals surface area contributed by atoms with Crippen LogP contribution in [-0.2, 0) is 39.9 Å². The lowest BCUT2D eigenvalue weighted by molar-refractivity contribution is -0.249. The number of rotatable bonds is 18. The van der Waals surface area contributed by atoms with Crippen LogP contribution < -0.4 is 31.7 Å². The van der Waals surface area contributed by atoms with Gasteiger partial charge in [-0.05, 0) is 44.6 Å². The van der Waals surface area contributed by atoms with Gasteiger partial charge >= 0.3 is 0 Å². The van der Waals surface area contributed by atoms with Crippen molar-refractivity contribution in [2.24, 2.45) is 17.6 Å². The average molecular weight is 912 g/mol. The predicted octanol–water partition coefficient (Wildman–Crippen LogP) is 0.0741. The molecule has 1 saturated heterocycles. The van der Waals surface area contributed by atoms with Crippen LogP contribution in [-0.4, -0.2) is 135 Å². The first-order valence-corrected chi connectivity index (χ1v) is 21.7. The monoisotopic (exact) mass is 911 g/mol. The molecule has 3 unspecified atom stereocenters. The molecule has 2 aromatic rings. The lowest BCUT2D eigenvalue weighted by Crippen LogP contribution is -2.60. The van der Waals surface area contributed by atoms with E-state index in [2.05, 4.69) is 21.3 Å². The average Bonchev–Trinajstić information content (AvgIpc) is 3.24. The smallest absolute Gasteiger partial charge is 0.243 e. The van der Waals surface area contributed by atoms with Crippen LogP contribution in [0.15, 0.2) is 18.2 Å². The van der Waals surface area contributed by atoms with Crippen molar-refractivity contribution in [1.82, 2.24) is 21.3 Å². The highest BCUT2D eigenvalue weighted by atomic mass is 16.7. The third kappa shape index (κ3) is 10.8. The number of hydrogen-bond acceptors (Lipinski definition) is 16. The van der Waals surface area contributed by atoms with E-state index in [0.29, 0.717) is 0 Å². The van der Waals surface area contributed by atoms with Crippen molar-refractivity contribution in [1.29, 1.82) is 0 Å². The Morgan fingerprint density at radius 2 is 1.52 bits per heavy atom. The highest BCUT2D eigenvalue weighted by Gasteiger charge is 2.50. The molecule has 1 fully saturated rings. The maximum atomic E-state index is 14.0. The molecular formula is C45H61N5O15. The van der Waals surface area contributed by atoms with Gasteiger partial charge in [0.2, 0.25) is 29.4 Å². The molecule has 4 amide bonds. The number of ketones is 3. The summed E-state index contributed by atoms with van der Waals surface area (Å²) >= 11 is 0. The molecule has 20 nitrogen and oxygen atoms in total. The highest BCUT2D eigenvalue weighted by molar-refractivity contribution is 6.31. The summed E-state index contributed by atoms with van der Waals surface area (Å²) in [5, 5.41) is 67.0. The van der Waals surface area contributed by atoms with E-state index in [0.717, 1.165) is 0 Å². The second-order valence-corrected chi connectivity index (χ2v) is 17.8. The van der Waals surface area contributed by atoms with Crippen LogP contribution in [0.2, 0.25) is 0 Å². The fourth-order valence-corrected chi connectivity index (χ4v) is 8.62. The highest BCUT2D eigenvalue weighted by Crippen LogP contribution is 2.52. The summed E-state index contributed by atoms with van der Waals surface area (Å²) < 4.78 is 17.6. The number of phenolic OH excluding ortho intramolecular Hbond substituents is 2. The SMILES string of the molecule is COc1cccc2c1C(=O)c1c(O)c3c(c(O)c1C2=O)C[C@@](O)(C(=O)CO)C[C@@H]3O[C@H]1C[C@H](NC(=O)C(CC(C)C)NC(=O)C(C)NC(=O)C(CC(C)C)NC(=O)CCN)[C@H](O)[C@H](C)O1. The van der Waals surface area contributed by atoms with Crippen LogP contribution in [0.5, 0.6) is 17.2 Å². The van der Waals surface area contributed by atoms with Gasteiger partial charge in [0.05, 0.1) is 42.0 Å². The first kappa shape index (κ1) is 50.5. The van der Waals surface area contributed by atoms with Gasteiger partial charge in [-0.2, -0.15) is 0 Å². The Hall–Kier alpha value is -5.51. The van der Waals surface area contributed by atoms with Gasteiger partial charge in [0.15, 0.2) is 17.9 Å². The molecule has 2 aromatic carbocycles. The minimum absolute atomic E-state index is 0.00808. The summed E-state index contributed by atoms with van der Waals surface area (Å²) in [6.45, 7) is 9.25. The molecule has 65 heavy (non-hydrogen) atoms. The van der Waals surface area contributed by atoms with Crippen LogP contribution in [0.4, 0.5) is 0 Å². The molecule has 0 aromatic heterocycles. The molecular weight excluding hydrogens is 851 g/mol. The summed E-state index contributed by atoms with van der Waals surface area (Å²) in [4.78, 5) is 93.9. The van der Waals surface area contributed by atoms with Crippen molar-refractivity contribution < 1.29 is 73.3 Å². The van der Waals surface area contributed by atoms with Crippen molar-refractivity contribution in [3.63, 3.8) is 0 Å². The van der Waals surface area contributed by atoms with Gasteiger partial charge in [-0.3, -0.25) is 33.6 Å². The maximum absolute atomic E-state index is 14.0. The largest absolute Gasteiger partial charge is 0.507 e. The van der Waals surface area contributed by atoms with E-state index >= 15 is 0 Å². The molecule has 11 N–H and O–H groups in total. The quantitative estimate of drug-likeness (QED) is 0.0756. The number of nitrogens with one attached hydrogen (secondary N) is 4. The van der Waals surface area contributed by atoms with E-state index in [1.807, 2.05) is 27.7 Å². The Labute approximate surface area is 375 Å². The van der Waals surface area contributed by atoms with Crippen LogP contribution in [0.3, 0.4) is 0 Å². The van der Waals surface area contributed by atoms with E-state index in [-0.39, 0.29) is 72.1 Å². The van der Waals surface area contributed by atoms with Crippen molar-refractivity contribution in [2.45, 2.75) is 134 Å². The molecule has 0 saturated carbocycles. The van der Waals surface area contributed by atoms with Crippen LogP contribution in [0.1, 0.15) is 123 Å². The minimum atomic E-state index is -2.41. The van der Waals surface area contributed by atoms with Gasteiger partial charge in [-0.25, -0.2) is 0 Å². The molecule has 0 spiro atoms. The zero-order valence-corrected chi connectivity index (χ0v) is 37.6. The molecule has 1 heterocycles. The molecule has 3 aliphatic rings. The van der Waals surface area contributed by atoms with Crippen molar-refractivity contribution in [3.05, 3.63) is 51.6 Å². The van der Waals surface area contributed by atoms with Crippen molar-refractivity contribution in [3.8, 4) is 17.2 Å². The zero-order chi connectivity index (χ0) is 48.2. The van der Waals surface area contributed by atoms with Gasteiger partial charge in [-0.15, -0.1) is 0 Å². The molecule has 2 aliphatic carbocycles. The summed E-state index contributed by atoms with van der Waals surface area (Å²) in [6.07, 6.45) is -6.45. The number of aliphatic hydroxyl groups excluding tert-OH is 2. The first-order valence-electron chi connectivity index (χ1n) is 21.7. The molecule has 1 aliphatic heterocycles. The summed E-state index contributed by atoms with van der Waals surface area (Å²) in [6, 6.07) is -0.0960. The van der Waals surface area contributed by atoms with Crippen LogP contribution in [0.25, 0.3) is 0 Å². The number of Topliss-reactive ketones (excluding diaryl/α,β-unsaturated/α-hetero) is 1. The third-order valence-corrected chi connectivity index (χ3v) is 11.9. The number of aromatic hydroxyl groups is 2. The normalized spacial score (nSPS) is 23.9. The summed E-state index contributed by atoms with van der Waals surface area (Å²) in [7, 11) is 1.29. The molecule has 5 rings (SSSR count). The zero-order valence-electron chi connectivity index (χ0n) is 37.6. The second kappa shape index (κ2) is 20.8. The number of amides is 4. The number of hydrogen-bond donors (Lipinski definition) is 10. The molecule has 356 valence electrons. The molecule has 20 heteroatoms. The molecule has 0 bridgehead atoms. The van der Waals surface area contributed by atoms with Crippen molar-refractivity contribution in [2.75, 3.05) is 20.3 Å². The fraction of sp³-hybridized carbons (Fsp3) is 0.578. The van der Waals surface area contributed by atoms with Gasteiger partial charge < -0.3 is 66.7 Å². The van der Waals surface area contributed by atoms with E-state index in [9.17, 15) is 59.1 Å². The standard InChI is InChI=1S/C45H61N5O15/c1-19(2)13-26(48-31(53)11-12-46)43(60)47-21(5)42(59)50-27(14-20(3)4)44(61)49-25-15-32(64-22(6)37(25)54)65-29-17-45(62,30(52)18-51)16-24-34(29)41(58)36-35(39(24)56)38(55)23-9-8-10-28(63-7)33(23)40(36)57/h8-10,19-22,25-27,29,32,37,51,54,56,58,62H,11-18,46H2,1-7H3,(H,47,60)(H,48,53)(H,49,61)(H,50,59)/t21?,22-,25-,26?,27?,29-,32-,37+,45-/m0/s1. The number of nitrogens with two attached hydrogens (primary N) is 1. The number of ether oxygens (including phenoxy) is 3. The topological polar surface area (TPSA) is 322 Å². The Morgan fingerprint density at radius 1 is 0.892 bits per heavy atom. The summed E-state index contributed by atoms with van der Waals surface area (Å²) in [5.74, 6) is -6.84. The number of aliphatic hydroxyl groups is 3. The van der Waals surface area contributed by atoms with E-state index in [1.165, 1.54) is 39.2 Å².